The second-order valence-electron chi connectivity index (χ2n) is 7.15. The summed E-state index contributed by atoms with van der Waals surface area (Å²) in [6.45, 7) is 6.05. The van der Waals surface area contributed by atoms with E-state index < -0.39 is 0 Å². The number of benzene rings is 2. The highest BCUT2D eigenvalue weighted by atomic mass is 32.2. The van der Waals surface area contributed by atoms with E-state index in [0.717, 1.165) is 23.6 Å². The van der Waals surface area contributed by atoms with Crippen molar-refractivity contribution in [3.8, 4) is 5.75 Å². The molecule has 1 amide bonds. The van der Waals surface area contributed by atoms with Crippen LogP contribution in [0.3, 0.4) is 0 Å². The largest absolute Gasteiger partial charge is 0.483 e. The molecule has 0 radical (unpaired) electrons. The lowest BCUT2D eigenvalue weighted by atomic mass is 10.1. The number of nitrogens with zero attached hydrogens (tertiary/aromatic N) is 3. The fourth-order valence-electron chi connectivity index (χ4n) is 3.10. The number of carbonyl (C=O) groups excluding carboxylic acids is 1. The Morgan fingerprint density at radius 1 is 1.10 bits per heavy atom. The Bertz CT molecular complexity index is 957. The summed E-state index contributed by atoms with van der Waals surface area (Å²) in [5.74, 6) is 1.75. The number of nitrogens with one attached hydrogen (secondary N) is 1. The van der Waals surface area contributed by atoms with Gasteiger partial charge < -0.3 is 14.6 Å². The van der Waals surface area contributed by atoms with Crippen molar-refractivity contribution in [2.75, 3.05) is 5.75 Å². The zero-order valence-electron chi connectivity index (χ0n) is 17.8. The second kappa shape index (κ2) is 10.3. The molecule has 6 nitrogen and oxygen atoms in total. The maximum absolute atomic E-state index is 12.3. The molecule has 0 unspecified atom stereocenters. The Hall–Kier alpha value is -2.80. The van der Waals surface area contributed by atoms with Gasteiger partial charge >= 0.3 is 0 Å². The highest BCUT2D eigenvalue weighted by Gasteiger charge is 2.18. The molecule has 1 aromatic heterocycles. The third-order valence-electron chi connectivity index (χ3n) is 4.89. The van der Waals surface area contributed by atoms with Crippen molar-refractivity contribution >= 4 is 17.7 Å². The maximum Gasteiger partial charge on any atom is 0.230 e. The first-order chi connectivity index (χ1) is 14.5. The Kier molecular flexibility index (Phi) is 7.52. The molecule has 0 spiro atoms. The molecule has 0 saturated carbocycles. The normalized spacial score (nSPS) is 12.9. The molecular weight excluding hydrogens is 396 g/mol. The molecule has 0 aliphatic heterocycles. The fourth-order valence-corrected chi connectivity index (χ4v) is 3.83. The van der Waals surface area contributed by atoms with Crippen molar-refractivity contribution in [1.29, 1.82) is 0 Å². The Morgan fingerprint density at radius 3 is 2.47 bits per heavy atom. The quantitative estimate of drug-likeness (QED) is 0.513. The molecule has 7 heteroatoms. The van der Waals surface area contributed by atoms with Crippen LogP contribution in [0.5, 0.6) is 5.75 Å². The Morgan fingerprint density at radius 2 is 1.80 bits per heavy atom. The van der Waals surface area contributed by atoms with Crippen LogP contribution in [0.15, 0.2) is 59.8 Å². The SMILES string of the molecule is CCc1ccc(O[C@@H](C)c2nnc(SCC(=O)N[C@H](C)c3ccccc3)n2C)cc1. The van der Waals surface area contributed by atoms with Gasteiger partial charge in [0.25, 0.3) is 0 Å². The van der Waals surface area contributed by atoms with Gasteiger partial charge in [-0.1, -0.05) is 61.2 Å². The number of thioether (sulfide) groups is 1. The van der Waals surface area contributed by atoms with Crippen LogP contribution in [0.2, 0.25) is 0 Å². The number of hydrogen-bond donors (Lipinski definition) is 1. The zero-order chi connectivity index (χ0) is 21.5. The van der Waals surface area contributed by atoms with Gasteiger partial charge in [0.1, 0.15) is 5.75 Å². The minimum absolute atomic E-state index is 0.0399. The predicted molar refractivity (Wildman–Crippen MR) is 120 cm³/mol. The van der Waals surface area contributed by atoms with Crippen molar-refractivity contribution in [2.24, 2.45) is 7.05 Å². The van der Waals surface area contributed by atoms with E-state index in [1.165, 1.54) is 17.3 Å². The smallest absolute Gasteiger partial charge is 0.230 e. The molecule has 2 atom stereocenters. The van der Waals surface area contributed by atoms with Crippen molar-refractivity contribution in [1.82, 2.24) is 20.1 Å². The van der Waals surface area contributed by atoms with Crippen LogP contribution >= 0.6 is 11.8 Å². The third-order valence-corrected chi connectivity index (χ3v) is 5.91. The lowest BCUT2D eigenvalue weighted by Gasteiger charge is -2.15. The van der Waals surface area contributed by atoms with Crippen LogP contribution in [0, 0.1) is 0 Å². The lowest BCUT2D eigenvalue weighted by molar-refractivity contribution is -0.119. The number of amides is 1. The molecule has 158 valence electrons. The molecule has 0 aliphatic carbocycles. The van der Waals surface area contributed by atoms with Crippen molar-refractivity contribution in [3.63, 3.8) is 0 Å². The van der Waals surface area contributed by atoms with Gasteiger partial charge in [-0.25, -0.2) is 0 Å². The molecule has 0 fully saturated rings. The average molecular weight is 425 g/mol. The summed E-state index contributed by atoms with van der Waals surface area (Å²) in [5.41, 5.74) is 2.35. The minimum atomic E-state index is -0.253. The molecule has 1 N–H and O–H groups in total. The van der Waals surface area contributed by atoms with Gasteiger partial charge in [0.05, 0.1) is 11.8 Å². The minimum Gasteiger partial charge on any atom is -0.483 e. The molecule has 2 aromatic carbocycles. The average Bonchev–Trinajstić information content (AvgIpc) is 3.14. The highest BCUT2D eigenvalue weighted by Crippen LogP contribution is 2.24. The molecular formula is C23H28N4O2S. The number of hydrogen-bond acceptors (Lipinski definition) is 5. The van der Waals surface area contributed by atoms with Crippen LogP contribution in [0.1, 0.15) is 49.9 Å². The molecule has 3 rings (SSSR count). The van der Waals surface area contributed by atoms with E-state index in [1.54, 1.807) is 0 Å². The number of carbonyl (C=O) groups is 1. The Balaban J connectivity index is 1.54. The number of aryl methyl sites for hydroxylation is 1. The van der Waals surface area contributed by atoms with Gasteiger partial charge in [-0.05, 0) is 43.5 Å². The summed E-state index contributed by atoms with van der Waals surface area (Å²) >= 11 is 1.36. The number of aromatic nitrogens is 3. The number of ether oxygens (including phenoxy) is 1. The number of rotatable bonds is 9. The summed E-state index contributed by atoms with van der Waals surface area (Å²) < 4.78 is 7.89. The van der Waals surface area contributed by atoms with Gasteiger partial charge in [0, 0.05) is 7.05 Å². The topological polar surface area (TPSA) is 69.0 Å². The summed E-state index contributed by atoms with van der Waals surface area (Å²) in [5, 5.41) is 12.2. The van der Waals surface area contributed by atoms with Crippen molar-refractivity contribution in [3.05, 3.63) is 71.5 Å². The van der Waals surface area contributed by atoms with E-state index in [-0.39, 0.29) is 23.8 Å². The van der Waals surface area contributed by atoms with E-state index in [4.69, 9.17) is 4.74 Å². The van der Waals surface area contributed by atoms with E-state index in [9.17, 15) is 4.79 Å². The van der Waals surface area contributed by atoms with Crippen LogP contribution in [-0.2, 0) is 18.3 Å². The van der Waals surface area contributed by atoms with Gasteiger partial charge in [0.15, 0.2) is 17.1 Å². The van der Waals surface area contributed by atoms with Crippen LogP contribution < -0.4 is 10.1 Å². The van der Waals surface area contributed by atoms with Crippen molar-refractivity contribution in [2.45, 2.75) is 44.5 Å². The summed E-state index contributed by atoms with van der Waals surface area (Å²) in [7, 11) is 1.89. The van der Waals surface area contributed by atoms with Gasteiger partial charge in [-0.2, -0.15) is 0 Å². The molecule has 0 bridgehead atoms. The maximum atomic E-state index is 12.3. The van der Waals surface area contributed by atoms with Crippen LogP contribution in [-0.4, -0.2) is 26.4 Å². The first-order valence-corrected chi connectivity index (χ1v) is 11.1. The van der Waals surface area contributed by atoms with Gasteiger partial charge in [0.2, 0.25) is 5.91 Å². The predicted octanol–water partition coefficient (Wildman–Crippen LogP) is 4.49. The van der Waals surface area contributed by atoms with Gasteiger partial charge in [-0.15, -0.1) is 10.2 Å². The Labute approximate surface area is 182 Å². The summed E-state index contributed by atoms with van der Waals surface area (Å²) in [6.07, 6.45) is 0.744. The monoisotopic (exact) mass is 424 g/mol. The lowest BCUT2D eigenvalue weighted by Crippen LogP contribution is -2.28. The molecule has 30 heavy (non-hydrogen) atoms. The fraction of sp³-hybridized carbons (Fsp3) is 0.348. The van der Waals surface area contributed by atoms with Gasteiger partial charge in [-0.3, -0.25) is 4.79 Å². The molecule has 0 saturated heterocycles. The summed E-state index contributed by atoms with van der Waals surface area (Å²) in [4.78, 5) is 12.3. The molecule has 0 aliphatic rings. The van der Waals surface area contributed by atoms with E-state index in [1.807, 2.05) is 67.9 Å². The van der Waals surface area contributed by atoms with E-state index in [2.05, 4.69) is 34.6 Å². The van der Waals surface area contributed by atoms with E-state index >= 15 is 0 Å². The first kappa shape index (κ1) is 21.9. The standard InChI is InChI=1S/C23H28N4O2S/c1-5-18-11-13-20(14-12-18)29-17(3)22-25-26-23(27(22)4)30-15-21(28)24-16(2)19-9-7-6-8-10-19/h6-14,16-17H,5,15H2,1-4H3,(H,24,28)/t16-,17+/m1/s1. The summed E-state index contributed by atoms with van der Waals surface area (Å²) in [6, 6.07) is 17.9. The third kappa shape index (κ3) is 5.63. The first-order valence-electron chi connectivity index (χ1n) is 10.1. The van der Waals surface area contributed by atoms with Crippen LogP contribution in [0.25, 0.3) is 0 Å². The zero-order valence-corrected chi connectivity index (χ0v) is 18.6. The van der Waals surface area contributed by atoms with E-state index in [0.29, 0.717) is 5.16 Å². The van der Waals surface area contributed by atoms with Crippen LogP contribution in [0.4, 0.5) is 0 Å². The highest BCUT2D eigenvalue weighted by molar-refractivity contribution is 7.99. The second-order valence-corrected chi connectivity index (χ2v) is 8.09. The molecule has 1 heterocycles. The molecule has 3 aromatic rings. The van der Waals surface area contributed by atoms with Crippen molar-refractivity contribution < 1.29 is 9.53 Å².